The first-order chi connectivity index (χ1) is 19.6. The molecule has 4 aliphatic rings. The van der Waals surface area contributed by atoms with Gasteiger partial charge in [0.1, 0.15) is 0 Å². The second-order valence-corrected chi connectivity index (χ2v) is 14.7. The van der Waals surface area contributed by atoms with Crippen molar-refractivity contribution in [3.63, 3.8) is 0 Å². The van der Waals surface area contributed by atoms with Gasteiger partial charge in [-0.05, 0) is 105 Å². The average molecular weight is 570 g/mol. The standard InChI is InChI=1S/C35H57NO2.CH2O2/c1-7-18-33(5)29(17-21-36(27(4)24-26(2)3)25-28-11-9-8-10-12-28)13-14-30-31(33)15-19-34(6)32(30)16-20-35(34)37-22-23-38-35;2-1-3/h8-12,26-27,29-32H,7,13-25H2,1-6H3;1H,(H,2,3)/t27-,29?,30?,31?,32?,33?,34?;/m1./s1. The van der Waals surface area contributed by atoms with Gasteiger partial charge in [0.05, 0.1) is 13.2 Å². The minimum absolute atomic E-state index is 0.212. The van der Waals surface area contributed by atoms with E-state index in [0.717, 1.165) is 55.8 Å². The molecular formula is C36H59NO4. The number of hydrogen-bond donors (Lipinski definition) is 1. The van der Waals surface area contributed by atoms with E-state index in [1.807, 2.05) is 0 Å². The van der Waals surface area contributed by atoms with Crippen LogP contribution in [0.5, 0.6) is 0 Å². The number of hydrogen-bond acceptors (Lipinski definition) is 4. The summed E-state index contributed by atoms with van der Waals surface area (Å²) in [5.41, 5.74) is 2.14. The Labute approximate surface area is 250 Å². The third-order valence-electron chi connectivity index (χ3n) is 12.1. The molecule has 4 fully saturated rings. The summed E-state index contributed by atoms with van der Waals surface area (Å²) in [6.07, 6.45) is 13.3. The largest absolute Gasteiger partial charge is 0.483 e. The van der Waals surface area contributed by atoms with E-state index in [2.05, 4.69) is 76.8 Å². The Morgan fingerprint density at radius 2 is 1.66 bits per heavy atom. The van der Waals surface area contributed by atoms with Crippen LogP contribution in [0.1, 0.15) is 111 Å². The van der Waals surface area contributed by atoms with Gasteiger partial charge in [-0.2, -0.15) is 0 Å². The molecule has 7 atom stereocenters. The molecule has 3 saturated carbocycles. The second-order valence-electron chi connectivity index (χ2n) is 14.7. The van der Waals surface area contributed by atoms with E-state index >= 15 is 0 Å². The summed E-state index contributed by atoms with van der Waals surface area (Å²) in [6.45, 7) is 18.6. The molecule has 0 radical (unpaired) electrons. The first-order valence-electron chi connectivity index (χ1n) is 16.8. The van der Waals surface area contributed by atoms with Crippen LogP contribution < -0.4 is 0 Å². The summed E-state index contributed by atoms with van der Waals surface area (Å²) in [7, 11) is 0. The van der Waals surface area contributed by atoms with E-state index in [-0.39, 0.29) is 17.7 Å². The van der Waals surface area contributed by atoms with Gasteiger partial charge in [-0.1, -0.05) is 71.4 Å². The number of ether oxygens (including phenoxy) is 2. The van der Waals surface area contributed by atoms with Crippen LogP contribution in [0.2, 0.25) is 0 Å². The van der Waals surface area contributed by atoms with E-state index in [1.54, 1.807) is 0 Å². The molecule has 1 heterocycles. The fourth-order valence-corrected chi connectivity index (χ4v) is 10.2. The van der Waals surface area contributed by atoms with Crippen molar-refractivity contribution in [3.05, 3.63) is 35.9 Å². The number of nitrogens with zero attached hydrogens (tertiary/aromatic N) is 1. The summed E-state index contributed by atoms with van der Waals surface area (Å²) in [5, 5.41) is 6.89. The van der Waals surface area contributed by atoms with E-state index in [9.17, 15) is 0 Å². The molecule has 3 aliphatic carbocycles. The van der Waals surface area contributed by atoms with Crippen LogP contribution >= 0.6 is 0 Å². The molecule has 0 aromatic heterocycles. The topological polar surface area (TPSA) is 59.0 Å². The lowest BCUT2D eigenvalue weighted by atomic mass is 9.46. The third kappa shape index (κ3) is 6.58. The fourth-order valence-electron chi connectivity index (χ4n) is 10.2. The molecule has 5 nitrogen and oxygen atoms in total. The summed E-state index contributed by atoms with van der Waals surface area (Å²) in [6, 6.07) is 11.8. The van der Waals surface area contributed by atoms with E-state index in [4.69, 9.17) is 19.4 Å². The number of carboxylic acid groups (broad SMARTS) is 1. The zero-order chi connectivity index (χ0) is 29.7. The number of fused-ring (bicyclic) bond motifs is 4. The summed E-state index contributed by atoms with van der Waals surface area (Å²) in [4.78, 5) is 11.2. The number of carbonyl (C=O) groups is 1. The van der Waals surface area contributed by atoms with Gasteiger partial charge in [-0.25, -0.2) is 0 Å². The highest BCUT2D eigenvalue weighted by atomic mass is 16.7. The summed E-state index contributed by atoms with van der Waals surface area (Å²) < 4.78 is 12.8. The van der Waals surface area contributed by atoms with Gasteiger partial charge in [0.15, 0.2) is 5.79 Å². The predicted molar refractivity (Wildman–Crippen MR) is 166 cm³/mol. The zero-order valence-electron chi connectivity index (χ0n) is 26.9. The second kappa shape index (κ2) is 13.9. The van der Waals surface area contributed by atoms with Crippen molar-refractivity contribution in [2.24, 2.45) is 40.4 Å². The molecule has 0 amide bonds. The molecule has 1 aliphatic heterocycles. The maximum Gasteiger partial charge on any atom is 0.290 e. The van der Waals surface area contributed by atoms with Gasteiger partial charge < -0.3 is 14.6 Å². The fraction of sp³-hybridized carbons (Fsp3) is 0.806. The monoisotopic (exact) mass is 569 g/mol. The Kier molecular flexibility index (Phi) is 11.0. The summed E-state index contributed by atoms with van der Waals surface area (Å²) >= 11 is 0. The number of benzene rings is 1. The third-order valence-corrected chi connectivity index (χ3v) is 12.1. The lowest BCUT2D eigenvalue weighted by Gasteiger charge is -2.60. The van der Waals surface area contributed by atoms with Gasteiger partial charge in [-0.15, -0.1) is 0 Å². The Morgan fingerprint density at radius 3 is 2.29 bits per heavy atom. The Hall–Kier alpha value is -1.43. The Bertz CT molecular complexity index is 946. The molecule has 1 aromatic rings. The van der Waals surface area contributed by atoms with Crippen molar-refractivity contribution >= 4 is 6.47 Å². The van der Waals surface area contributed by atoms with Crippen molar-refractivity contribution in [1.29, 1.82) is 0 Å². The normalized spacial score (nSPS) is 34.6. The highest BCUT2D eigenvalue weighted by Crippen LogP contribution is 2.68. The van der Waals surface area contributed by atoms with E-state index in [0.29, 0.717) is 11.5 Å². The highest BCUT2D eigenvalue weighted by molar-refractivity contribution is 5.32. The van der Waals surface area contributed by atoms with Crippen molar-refractivity contribution in [2.75, 3.05) is 19.8 Å². The molecule has 1 aromatic carbocycles. The maximum absolute atomic E-state index is 8.36. The lowest BCUT2D eigenvalue weighted by molar-refractivity contribution is -0.246. The molecule has 0 bridgehead atoms. The molecule has 232 valence electrons. The van der Waals surface area contributed by atoms with Gasteiger partial charge >= 0.3 is 0 Å². The number of rotatable bonds is 10. The van der Waals surface area contributed by atoms with Crippen molar-refractivity contribution in [2.45, 2.75) is 124 Å². The molecule has 1 spiro atoms. The van der Waals surface area contributed by atoms with Gasteiger partial charge in [0, 0.05) is 24.4 Å². The van der Waals surface area contributed by atoms with Crippen LogP contribution in [0.3, 0.4) is 0 Å². The molecule has 6 unspecified atom stereocenters. The van der Waals surface area contributed by atoms with Gasteiger partial charge in [0.2, 0.25) is 0 Å². The Balaban J connectivity index is 0.00000124. The molecule has 5 heteroatoms. The molecule has 5 rings (SSSR count). The van der Waals surface area contributed by atoms with Crippen LogP contribution in [-0.2, 0) is 20.8 Å². The predicted octanol–water partition coefficient (Wildman–Crippen LogP) is 8.42. The Morgan fingerprint density at radius 1 is 1.00 bits per heavy atom. The quantitative estimate of drug-likeness (QED) is 0.287. The van der Waals surface area contributed by atoms with Gasteiger partial charge in [-0.3, -0.25) is 9.69 Å². The lowest BCUT2D eigenvalue weighted by Crippen LogP contribution is -2.56. The van der Waals surface area contributed by atoms with E-state index < -0.39 is 0 Å². The van der Waals surface area contributed by atoms with Gasteiger partial charge in [0.25, 0.3) is 6.47 Å². The van der Waals surface area contributed by atoms with Crippen LogP contribution in [0.4, 0.5) is 0 Å². The van der Waals surface area contributed by atoms with Crippen molar-refractivity contribution in [1.82, 2.24) is 4.90 Å². The van der Waals surface area contributed by atoms with Crippen molar-refractivity contribution in [3.8, 4) is 0 Å². The van der Waals surface area contributed by atoms with Crippen LogP contribution in [-0.4, -0.2) is 48.1 Å². The molecular weight excluding hydrogens is 510 g/mol. The first-order valence-corrected chi connectivity index (χ1v) is 16.8. The first kappa shape index (κ1) is 32.5. The minimum atomic E-state index is -0.273. The average Bonchev–Trinajstić information content (AvgIpc) is 3.54. The molecule has 41 heavy (non-hydrogen) atoms. The SMILES string of the molecule is CCCC1(C)C(CCN(Cc2ccccc2)[C@H](C)CC(C)C)CCC2C1CCC1(C)C2CCC12OCCO2.O=CO. The maximum atomic E-state index is 8.36. The minimum Gasteiger partial charge on any atom is -0.483 e. The highest BCUT2D eigenvalue weighted by Gasteiger charge is 2.66. The smallest absolute Gasteiger partial charge is 0.290 e. The van der Waals surface area contributed by atoms with E-state index in [1.165, 1.54) is 69.9 Å². The zero-order valence-corrected chi connectivity index (χ0v) is 26.9. The van der Waals surface area contributed by atoms with Crippen LogP contribution in [0, 0.1) is 40.4 Å². The van der Waals surface area contributed by atoms with Crippen LogP contribution in [0.25, 0.3) is 0 Å². The summed E-state index contributed by atoms with van der Waals surface area (Å²) in [5.74, 6) is 3.80. The van der Waals surface area contributed by atoms with Crippen molar-refractivity contribution < 1.29 is 19.4 Å². The van der Waals surface area contributed by atoms with Crippen LogP contribution in [0.15, 0.2) is 30.3 Å². The molecule has 1 saturated heterocycles. The molecule has 1 N–H and O–H groups in total.